The predicted octanol–water partition coefficient (Wildman–Crippen LogP) is 6.05. The molecule has 3 heteroatoms. The Balaban J connectivity index is 1.47. The van der Waals surface area contributed by atoms with Crippen molar-refractivity contribution in [1.82, 2.24) is 0 Å². The number of hydrogen-bond acceptors (Lipinski definition) is 2. The first-order valence-corrected chi connectivity index (χ1v) is 12.0. The van der Waals surface area contributed by atoms with E-state index in [1.54, 1.807) is 0 Å². The summed E-state index contributed by atoms with van der Waals surface area (Å²) < 4.78 is 12.5. The maximum atomic E-state index is 5.57. The molecule has 2 aromatic carbocycles. The number of hydrogen-bond donors (Lipinski definition) is 0. The summed E-state index contributed by atoms with van der Waals surface area (Å²) in [4.78, 5) is 0. The van der Waals surface area contributed by atoms with Crippen LogP contribution < -0.4 is 9.47 Å². The molecule has 0 unspecified atom stereocenters. The predicted molar refractivity (Wildman–Crippen MR) is 125 cm³/mol. The van der Waals surface area contributed by atoms with Crippen molar-refractivity contribution in [2.75, 3.05) is 39.4 Å². The molecule has 0 aromatic heterocycles. The Morgan fingerprint density at radius 1 is 0.633 bits per heavy atom. The van der Waals surface area contributed by atoms with Gasteiger partial charge in [-0.3, -0.25) is 0 Å². The van der Waals surface area contributed by atoms with Crippen molar-refractivity contribution < 1.29 is 14.0 Å². The van der Waals surface area contributed by atoms with Crippen LogP contribution in [0.1, 0.15) is 57.1 Å². The Kier molecular flexibility index (Phi) is 9.07. The van der Waals surface area contributed by atoms with Gasteiger partial charge in [-0.25, -0.2) is 0 Å². The van der Waals surface area contributed by atoms with Gasteiger partial charge < -0.3 is 14.0 Å². The van der Waals surface area contributed by atoms with Crippen LogP contribution in [0.4, 0.5) is 0 Å². The summed E-state index contributed by atoms with van der Waals surface area (Å²) in [5.41, 5.74) is 2.87. The average molecular weight is 411 g/mol. The Morgan fingerprint density at radius 2 is 1.07 bits per heavy atom. The van der Waals surface area contributed by atoms with Crippen LogP contribution >= 0.6 is 0 Å². The molecule has 3 nitrogen and oxygen atoms in total. The van der Waals surface area contributed by atoms with Crippen LogP contribution in [0.15, 0.2) is 48.5 Å². The molecule has 0 saturated carbocycles. The van der Waals surface area contributed by atoms with Crippen LogP contribution in [-0.4, -0.2) is 43.9 Å². The zero-order valence-electron chi connectivity index (χ0n) is 19.1. The number of aryl methyl sites for hydroxylation is 2. The van der Waals surface area contributed by atoms with E-state index in [0.717, 1.165) is 24.7 Å². The van der Waals surface area contributed by atoms with Crippen LogP contribution in [0.5, 0.6) is 11.5 Å². The van der Waals surface area contributed by atoms with Gasteiger partial charge in [-0.05, 0) is 81.3 Å². The summed E-state index contributed by atoms with van der Waals surface area (Å²) in [6.45, 7) is 10.9. The van der Waals surface area contributed by atoms with Crippen molar-refractivity contribution in [2.24, 2.45) is 0 Å². The summed E-state index contributed by atoms with van der Waals surface area (Å²) in [5, 5.41) is 0. The van der Waals surface area contributed by atoms with Crippen molar-refractivity contribution in [3.63, 3.8) is 0 Å². The molecule has 1 heterocycles. The van der Waals surface area contributed by atoms with Gasteiger partial charge in [0.05, 0.1) is 39.4 Å². The topological polar surface area (TPSA) is 18.5 Å². The summed E-state index contributed by atoms with van der Waals surface area (Å²) >= 11 is 0. The van der Waals surface area contributed by atoms with Gasteiger partial charge >= 0.3 is 0 Å². The van der Waals surface area contributed by atoms with Crippen LogP contribution in [0, 0.1) is 0 Å². The molecule has 0 atom stereocenters. The van der Waals surface area contributed by atoms with E-state index >= 15 is 0 Å². The highest BCUT2D eigenvalue weighted by Crippen LogP contribution is 2.23. The molecule has 2 aromatic rings. The number of piperidine rings is 1. The number of rotatable bonds is 12. The van der Waals surface area contributed by atoms with Crippen LogP contribution in [-0.2, 0) is 12.8 Å². The maximum absolute atomic E-state index is 5.57. The molecule has 0 N–H and O–H groups in total. The number of quaternary nitrogens is 1. The lowest BCUT2D eigenvalue weighted by Crippen LogP contribution is -2.52. The molecule has 1 fully saturated rings. The highest BCUT2D eigenvalue weighted by molar-refractivity contribution is 5.28. The fourth-order valence-corrected chi connectivity index (χ4v) is 4.82. The van der Waals surface area contributed by atoms with E-state index < -0.39 is 0 Å². The zero-order valence-corrected chi connectivity index (χ0v) is 19.1. The summed E-state index contributed by atoms with van der Waals surface area (Å²) in [6, 6.07) is 17.4. The van der Waals surface area contributed by atoms with Gasteiger partial charge in [0.15, 0.2) is 0 Å². The van der Waals surface area contributed by atoms with E-state index in [0.29, 0.717) is 0 Å². The van der Waals surface area contributed by atoms with Gasteiger partial charge in [0, 0.05) is 12.8 Å². The van der Waals surface area contributed by atoms with E-state index in [4.69, 9.17) is 9.47 Å². The minimum Gasteiger partial charge on any atom is -0.494 e. The van der Waals surface area contributed by atoms with E-state index in [1.165, 1.54) is 86.7 Å². The molecule has 3 rings (SSSR count). The lowest BCUT2D eigenvalue weighted by Gasteiger charge is -2.42. The van der Waals surface area contributed by atoms with Gasteiger partial charge in [-0.1, -0.05) is 24.3 Å². The molecular weight excluding hydrogens is 370 g/mol. The fraction of sp³-hybridized carbons (Fsp3) is 0.556. The normalized spacial score (nSPS) is 15.7. The second-order valence-corrected chi connectivity index (χ2v) is 8.66. The molecule has 0 aliphatic carbocycles. The van der Waals surface area contributed by atoms with Crippen LogP contribution in [0.3, 0.4) is 0 Å². The zero-order chi connectivity index (χ0) is 21.1. The third-order valence-electron chi connectivity index (χ3n) is 6.43. The van der Waals surface area contributed by atoms with Crippen molar-refractivity contribution in [3.8, 4) is 11.5 Å². The molecule has 1 saturated heterocycles. The van der Waals surface area contributed by atoms with Crippen molar-refractivity contribution in [2.45, 2.75) is 58.8 Å². The Bertz CT molecular complexity index is 660. The van der Waals surface area contributed by atoms with Crippen molar-refractivity contribution >= 4 is 0 Å². The standard InChI is InChI=1S/C27H40NO2/c1-3-29-26-16-12-24(13-17-26)10-8-22-28(20-6-5-7-21-28)23-9-11-25-14-18-27(19-15-25)30-4-2/h12-19H,3-11,20-23H2,1-2H3/q+1. The minimum atomic E-state index is 0.732. The molecule has 0 radical (unpaired) electrons. The smallest absolute Gasteiger partial charge is 0.119 e. The average Bonchev–Trinajstić information content (AvgIpc) is 2.77. The first-order valence-electron chi connectivity index (χ1n) is 12.0. The monoisotopic (exact) mass is 410 g/mol. The van der Waals surface area contributed by atoms with Gasteiger partial charge in [0.25, 0.3) is 0 Å². The molecule has 1 aliphatic heterocycles. The van der Waals surface area contributed by atoms with Gasteiger partial charge in [-0.2, -0.15) is 0 Å². The van der Waals surface area contributed by atoms with E-state index in [-0.39, 0.29) is 0 Å². The van der Waals surface area contributed by atoms with Gasteiger partial charge in [-0.15, -0.1) is 0 Å². The molecule has 0 bridgehead atoms. The van der Waals surface area contributed by atoms with Crippen LogP contribution in [0.2, 0.25) is 0 Å². The Labute approximate surface area is 183 Å². The van der Waals surface area contributed by atoms with Crippen molar-refractivity contribution in [1.29, 1.82) is 0 Å². The second-order valence-electron chi connectivity index (χ2n) is 8.66. The lowest BCUT2D eigenvalue weighted by molar-refractivity contribution is -0.932. The highest BCUT2D eigenvalue weighted by atomic mass is 16.5. The SMILES string of the molecule is CCOc1ccc(CCC[N+]2(CCCc3ccc(OCC)cc3)CCCCC2)cc1. The first-order chi connectivity index (χ1) is 14.7. The minimum absolute atomic E-state index is 0.732. The van der Waals surface area contributed by atoms with Crippen molar-refractivity contribution in [3.05, 3.63) is 59.7 Å². The first kappa shape index (κ1) is 22.7. The summed E-state index contributed by atoms with van der Waals surface area (Å²) in [5.74, 6) is 1.96. The van der Waals surface area contributed by atoms with E-state index in [2.05, 4.69) is 48.5 Å². The molecule has 30 heavy (non-hydrogen) atoms. The second kappa shape index (κ2) is 12.0. The number of likely N-dealkylation sites (tertiary alicyclic amines) is 1. The number of benzene rings is 2. The Hall–Kier alpha value is -2.00. The third-order valence-corrected chi connectivity index (χ3v) is 6.43. The summed E-state index contributed by atoms with van der Waals surface area (Å²) in [7, 11) is 0. The number of nitrogens with zero attached hydrogens (tertiary/aromatic N) is 1. The largest absolute Gasteiger partial charge is 0.494 e. The van der Waals surface area contributed by atoms with Gasteiger partial charge in [0.1, 0.15) is 11.5 Å². The number of ether oxygens (including phenoxy) is 2. The molecule has 164 valence electrons. The van der Waals surface area contributed by atoms with E-state index in [9.17, 15) is 0 Å². The quantitative estimate of drug-likeness (QED) is 0.397. The third kappa shape index (κ3) is 7.05. The maximum Gasteiger partial charge on any atom is 0.119 e. The molecule has 0 amide bonds. The lowest BCUT2D eigenvalue weighted by atomic mass is 10.0. The molecule has 0 spiro atoms. The van der Waals surface area contributed by atoms with Crippen LogP contribution in [0.25, 0.3) is 0 Å². The Morgan fingerprint density at radius 3 is 1.47 bits per heavy atom. The fourth-order valence-electron chi connectivity index (χ4n) is 4.82. The highest BCUT2D eigenvalue weighted by Gasteiger charge is 2.28. The molecule has 1 aliphatic rings. The summed E-state index contributed by atoms with van der Waals surface area (Å²) in [6.07, 6.45) is 9.10. The van der Waals surface area contributed by atoms with Gasteiger partial charge in [0.2, 0.25) is 0 Å². The molecular formula is C27H40NO2+. The van der Waals surface area contributed by atoms with E-state index in [1.807, 2.05) is 13.8 Å².